The van der Waals surface area contributed by atoms with Crippen molar-refractivity contribution in [3.8, 4) is 68.0 Å². The van der Waals surface area contributed by atoms with E-state index in [-0.39, 0.29) is 81.7 Å². The van der Waals surface area contributed by atoms with Gasteiger partial charge in [-0.05, 0) is 179 Å². The van der Waals surface area contributed by atoms with Gasteiger partial charge in [0.1, 0.15) is 23.0 Å². The van der Waals surface area contributed by atoms with Crippen LogP contribution < -0.4 is 24.3 Å². The fourth-order valence-electron chi connectivity index (χ4n) is 14.2. The van der Waals surface area contributed by atoms with Crippen LogP contribution in [0.2, 0.25) is 0 Å². The van der Waals surface area contributed by atoms with Crippen molar-refractivity contribution in [2.24, 2.45) is 0 Å². The largest absolute Gasteiger partial charge is 0.490 e. The second-order valence-corrected chi connectivity index (χ2v) is 28.6. The summed E-state index contributed by atoms with van der Waals surface area (Å²) in [6.07, 6.45) is 28.2. The molecule has 8 aromatic rings. The maximum atomic E-state index is 12.6. The van der Waals surface area contributed by atoms with Crippen LogP contribution in [0.5, 0.6) is 23.0 Å². The second-order valence-electron chi connectivity index (χ2n) is 28.6. The van der Waals surface area contributed by atoms with E-state index in [2.05, 4.69) is 49.4 Å². The summed E-state index contributed by atoms with van der Waals surface area (Å²) in [5, 5.41) is 70.7. The molecule has 4 aliphatic carbocycles. The predicted molar refractivity (Wildman–Crippen MR) is 405 cm³/mol. The van der Waals surface area contributed by atoms with Crippen molar-refractivity contribution < 1.29 is 73.1 Å². The van der Waals surface area contributed by atoms with E-state index in [1.54, 1.807) is 21.8 Å². The van der Waals surface area contributed by atoms with Gasteiger partial charge in [-0.3, -0.25) is 33.5 Å². The Labute approximate surface area is 627 Å². The molecule has 107 heavy (non-hydrogen) atoms. The first-order valence-corrected chi connectivity index (χ1v) is 38.3. The number of carbonyl (C=O) groups is 3. The molecule has 1 amide bonds. The number of aliphatic hydroxyl groups excluding tert-OH is 4. The minimum atomic E-state index is -0.841. The summed E-state index contributed by atoms with van der Waals surface area (Å²) in [5.74, 6) is 2.02. The number of carboxylic acid groups (broad SMARTS) is 1. The van der Waals surface area contributed by atoms with Crippen molar-refractivity contribution in [3.63, 3.8) is 0 Å². The molecule has 4 aromatic carbocycles. The summed E-state index contributed by atoms with van der Waals surface area (Å²) < 4.78 is 45.3. The maximum absolute atomic E-state index is 12.6. The lowest BCUT2D eigenvalue weighted by molar-refractivity contribution is -0.143. The second kappa shape index (κ2) is 41.4. The Morgan fingerprint density at radius 2 is 0.804 bits per heavy atom. The Balaban J connectivity index is 0.000000149. The zero-order valence-corrected chi connectivity index (χ0v) is 62.8. The molecule has 0 radical (unpaired) electrons. The van der Waals surface area contributed by atoms with E-state index in [0.717, 1.165) is 149 Å². The number of nitrogens with one attached hydrogen (secondary N) is 2. The van der Waals surface area contributed by atoms with E-state index >= 15 is 0 Å². The van der Waals surface area contributed by atoms with Gasteiger partial charge >= 0.3 is 11.9 Å². The fourth-order valence-corrected chi connectivity index (χ4v) is 14.2. The molecule has 6 fully saturated rings. The highest BCUT2D eigenvalue weighted by molar-refractivity contribution is 5.76. The van der Waals surface area contributed by atoms with E-state index in [1.807, 2.05) is 133 Å². The zero-order chi connectivity index (χ0) is 75.4. The molecule has 578 valence electrons. The molecular formula is C82H110N10O15. The first-order valence-electron chi connectivity index (χ1n) is 38.3. The third-order valence-electron chi connectivity index (χ3n) is 19.9. The van der Waals surface area contributed by atoms with Gasteiger partial charge in [-0.1, -0.05) is 48.5 Å². The van der Waals surface area contributed by atoms with Crippen LogP contribution in [0.1, 0.15) is 172 Å². The van der Waals surface area contributed by atoms with Crippen LogP contribution in [0.4, 0.5) is 0 Å². The first-order chi connectivity index (χ1) is 52.0. The number of carbonyl (C=O) groups excluding carboxylic acids is 2. The lowest BCUT2D eigenvalue weighted by atomic mass is 10.1. The van der Waals surface area contributed by atoms with Gasteiger partial charge < -0.3 is 68.9 Å². The average molecular weight is 1480 g/mol. The predicted octanol–water partition coefficient (Wildman–Crippen LogP) is 12.4. The van der Waals surface area contributed by atoms with Gasteiger partial charge in [0, 0.05) is 108 Å². The number of hydrogen-bond donors (Lipinski definition) is 7. The van der Waals surface area contributed by atoms with Crippen LogP contribution in [0, 0.1) is 0 Å². The van der Waals surface area contributed by atoms with Gasteiger partial charge in [-0.15, -0.1) is 0 Å². The first kappa shape index (κ1) is 80.6. The number of morpholine rings is 2. The van der Waals surface area contributed by atoms with E-state index in [1.165, 1.54) is 58.5 Å². The van der Waals surface area contributed by atoms with Crippen LogP contribution >= 0.6 is 0 Å². The van der Waals surface area contributed by atoms with Gasteiger partial charge in [0.2, 0.25) is 5.91 Å². The van der Waals surface area contributed by atoms with E-state index in [4.69, 9.17) is 33.5 Å². The summed E-state index contributed by atoms with van der Waals surface area (Å²) in [6.45, 7) is 12.7. The molecule has 0 spiro atoms. The smallest absolute Gasteiger partial charge is 0.307 e. The number of nitrogens with zero attached hydrogens (tertiary/aromatic N) is 8. The normalized spacial score (nSPS) is 18.9. The molecule has 2 saturated heterocycles. The van der Waals surface area contributed by atoms with Crippen molar-refractivity contribution in [2.45, 2.75) is 245 Å². The number of rotatable bonds is 25. The molecule has 7 N–H and O–H groups in total. The molecule has 0 bridgehead atoms. The summed E-state index contributed by atoms with van der Waals surface area (Å²) in [6, 6.07) is 30.8. The number of esters is 1. The molecule has 4 saturated carbocycles. The fraction of sp³-hybridized carbons (Fsp3) is 0.524. The van der Waals surface area contributed by atoms with Crippen molar-refractivity contribution >= 4 is 17.8 Å². The van der Waals surface area contributed by atoms with Crippen LogP contribution in [-0.4, -0.2) is 170 Å². The minimum absolute atomic E-state index is 0.00527. The number of aryl methyl sites for hydroxylation is 3. The van der Waals surface area contributed by atoms with Crippen molar-refractivity contribution in [2.75, 3.05) is 33.3 Å². The highest BCUT2D eigenvalue weighted by atomic mass is 16.5. The average Bonchev–Trinajstić information content (AvgIpc) is 1.05. The molecule has 4 atom stereocenters. The Hall–Kier alpha value is -8.95. The molecule has 4 unspecified atom stereocenters. The monoisotopic (exact) mass is 1470 g/mol. The number of ether oxygens (including phenoxy) is 7. The molecular weight excluding hydrogens is 1360 g/mol. The van der Waals surface area contributed by atoms with Gasteiger partial charge in [-0.25, -0.2) is 0 Å². The number of benzene rings is 4. The number of amides is 1. The van der Waals surface area contributed by atoms with Gasteiger partial charge in [0.05, 0.1) is 131 Å². The Morgan fingerprint density at radius 1 is 0.458 bits per heavy atom. The molecule has 4 aromatic heterocycles. The van der Waals surface area contributed by atoms with Crippen LogP contribution in [-0.2, 0) is 74.7 Å². The summed E-state index contributed by atoms with van der Waals surface area (Å²) in [7, 11) is 1.38. The number of hydrogen-bond acceptors (Lipinski definition) is 19. The molecule has 6 aliphatic rings. The number of methoxy groups -OCH3 is 1. The topological polar surface area (TPSA) is 314 Å². The zero-order valence-electron chi connectivity index (χ0n) is 62.8. The van der Waals surface area contributed by atoms with Crippen molar-refractivity contribution in [3.05, 3.63) is 144 Å². The minimum Gasteiger partial charge on any atom is -0.490 e. The van der Waals surface area contributed by atoms with Crippen LogP contribution in [0.25, 0.3) is 45.0 Å². The van der Waals surface area contributed by atoms with Crippen LogP contribution in [0.3, 0.4) is 0 Å². The third-order valence-corrected chi connectivity index (χ3v) is 19.9. The standard InChI is InChI=1S/C24H33N3O4.C19H24N2O4.C18H22N2O4.C15H18N2O2.C6H13NO/c1-17-14-26(15-18(2)30-17)24(29)10-12-27-11-9-22(25-27)19-7-8-20(16-28)23(13-19)31-21-5-3-4-6-21;1-24-19(23)9-11-21-10-8-17(20-21)14-6-7-15(13-22)18(12-14)25-16-4-2-3-5-16;21-12-14-6-5-13(11-17(14)24-15-3-1-2-4-15)16-7-9-20(19-16)10-8-18(22)23;18-10-12-6-5-11(14-7-8-16-17-14)9-15(12)19-13-3-1-2-4-13;1-5-3-7-4-6(2)8-5/h7-9,11,13,17-18,21,28H,3-6,10,12,14-16H2,1-2H3;6-8,10,12,16,22H,2-5,9,11,13H2,1H3;5-7,9,11,15,21H,1-4,8,10,12H2,(H,22,23);5-9,13,18H,1-4,10H2,(H,16,17);5-7H,3-4H2,1-2H3. The summed E-state index contributed by atoms with van der Waals surface area (Å²) >= 11 is 0. The third kappa shape index (κ3) is 24.8. The Bertz CT molecular complexity index is 4000. The van der Waals surface area contributed by atoms with E-state index in [0.29, 0.717) is 63.2 Å². The molecule has 6 heterocycles. The number of aromatic amines is 1. The van der Waals surface area contributed by atoms with E-state index < -0.39 is 5.97 Å². The van der Waals surface area contributed by atoms with Crippen molar-refractivity contribution in [1.29, 1.82) is 0 Å². The summed E-state index contributed by atoms with van der Waals surface area (Å²) in [4.78, 5) is 36.4. The number of carboxylic acids is 1. The van der Waals surface area contributed by atoms with Crippen molar-refractivity contribution in [1.82, 2.24) is 49.8 Å². The molecule has 25 nitrogen and oxygen atoms in total. The lowest BCUT2D eigenvalue weighted by Crippen LogP contribution is -2.48. The molecule has 25 heteroatoms. The highest BCUT2D eigenvalue weighted by Gasteiger charge is 2.27. The molecule has 2 aliphatic heterocycles. The number of aliphatic carboxylic acids is 1. The van der Waals surface area contributed by atoms with Crippen LogP contribution in [0.15, 0.2) is 122 Å². The lowest BCUT2D eigenvalue weighted by Gasteiger charge is -2.35. The number of aromatic nitrogens is 8. The van der Waals surface area contributed by atoms with Gasteiger partial charge in [-0.2, -0.15) is 20.4 Å². The number of H-pyrrole nitrogens is 1. The molecule has 14 rings (SSSR count). The van der Waals surface area contributed by atoms with Gasteiger partial charge in [0.25, 0.3) is 0 Å². The summed E-state index contributed by atoms with van der Waals surface area (Å²) in [5.41, 5.74) is 10.4. The van der Waals surface area contributed by atoms with E-state index in [9.17, 15) is 34.8 Å². The quantitative estimate of drug-likeness (QED) is 0.0261. The Kier molecular flexibility index (Phi) is 31.2. The number of aliphatic hydroxyl groups is 4. The van der Waals surface area contributed by atoms with Gasteiger partial charge in [0.15, 0.2) is 0 Å². The highest BCUT2D eigenvalue weighted by Crippen LogP contribution is 2.36. The Morgan fingerprint density at radius 3 is 1.13 bits per heavy atom. The maximum Gasteiger partial charge on any atom is 0.307 e. The SMILES string of the molecule is CC1CN(C(=O)CCn2ccc(-c3ccc(CO)c(OC4CCCC4)c3)n2)CC(C)O1.CC1CNCC(C)O1.COC(=O)CCn1ccc(-c2ccc(CO)c(OC3CCCC3)c2)n1.O=C(O)CCn1ccc(-c2ccc(CO)c(OC3CCCC3)c2)n1.OCc1ccc(-c2ccn[nH]2)cc1OC1CCCC1.